The Morgan fingerprint density at radius 1 is 1.19 bits per heavy atom. The van der Waals surface area contributed by atoms with E-state index >= 15 is 0 Å². The van der Waals surface area contributed by atoms with Gasteiger partial charge in [0.25, 0.3) is 0 Å². The SMILES string of the molecule is CN(Cc1nc(-c2cccc(Cl)c2)no1)S(=O)(=O)Cc1ccc(Br)cc1. The summed E-state index contributed by atoms with van der Waals surface area (Å²) in [5.74, 6) is 0.467. The molecule has 0 aliphatic carbocycles. The van der Waals surface area contributed by atoms with Gasteiger partial charge in [0.15, 0.2) is 0 Å². The van der Waals surface area contributed by atoms with Crippen molar-refractivity contribution < 1.29 is 12.9 Å². The number of sulfonamides is 1. The van der Waals surface area contributed by atoms with Gasteiger partial charge in [-0.15, -0.1) is 0 Å². The lowest BCUT2D eigenvalue weighted by molar-refractivity contribution is 0.336. The van der Waals surface area contributed by atoms with Crippen LogP contribution in [0.5, 0.6) is 0 Å². The van der Waals surface area contributed by atoms with Crippen LogP contribution in [0.2, 0.25) is 5.02 Å². The second-order valence-electron chi connectivity index (χ2n) is 5.66. The average Bonchev–Trinajstić information content (AvgIpc) is 3.05. The second kappa shape index (κ2) is 7.87. The molecule has 26 heavy (non-hydrogen) atoms. The molecule has 0 saturated carbocycles. The Morgan fingerprint density at radius 3 is 2.62 bits per heavy atom. The number of benzene rings is 2. The summed E-state index contributed by atoms with van der Waals surface area (Å²) in [4.78, 5) is 4.25. The van der Waals surface area contributed by atoms with E-state index in [0.29, 0.717) is 22.0 Å². The standard InChI is InChI=1S/C17H15BrClN3O3S/c1-22(26(23,24)11-12-5-7-14(18)8-6-12)10-16-20-17(21-25-16)13-3-2-4-15(19)9-13/h2-9H,10-11H2,1H3. The summed E-state index contributed by atoms with van der Waals surface area (Å²) in [6.07, 6.45) is 0. The zero-order valence-electron chi connectivity index (χ0n) is 13.8. The Bertz CT molecular complexity index is 1010. The number of nitrogens with zero attached hydrogens (tertiary/aromatic N) is 3. The first-order valence-corrected chi connectivity index (χ1v) is 10.4. The molecular weight excluding hydrogens is 442 g/mol. The molecule has 0 unspecified atom stereocenters. The van der Waals surface area contributed by atoms with Crippen LogP contribution in [-0.2, 0) is 22.3 Å². The Hall–Kier alpha value is -1.74. The Kier molecular flexibility index (Phi) is 5.76. The van der Waals surface area contributed by atoms with E-state index in [1.807, 2.05) is 0 Å². The van der Waals surface area contributed by atoms with Gasteiger partial charge in [0.1, 0.15) is 0 Å². The third-order valence-electron chi connectivity index (χ3n) is 3.65. The topological polar surface area (TPSA) is 76.3 Å². The first-order valence-electron chi connectivity index (χ1n) is 7.60. The van der Waals surface area contributed by atoms with E-state index in [2.05, 4.69) is 26.1 Å². The van der Waals surface area contributed by atoms with Crippen LogP contribution in [-0.4, -0.2) is 29.9 Å². The molecule has 0 atom stereocenters. The monoisotopic (exact) mass is 455 g/mol. The summed E-state index contributed by atoms with van der Waals surface area (Å²) >= 11 is 9.28. The number of hydrogen-bond donors (Lipinski definition) is 0. The predicted octanol–water partition coefficient (Wildman–Crippen LogP) is 4.11. The molecule has 0 aliphatic heterocycles. The Morgan fingerprint density at radius 2 is 1.92 bits per heavy atom. The summed E-state index contributed by atoms with van der Waals surface area (Å²) in [6.45, 7) is -0.00751. The maximum Gasteiger partial charge on any atom is 0.242 e. The van der Waals surface area contributed by atoms with Crippen molar-refractivity contribution >= 4 is 37.6 Å². The first kappa shape index (κ1) is 19.0. The van der Waals surface area contributed by atoms with Gasteiger partial charge in [0.2, 0.25) is 21.7 Å². The average molecular weight is 457 g/mol. The van der Waals surface area contributed by atoms with Gasteiger partial charge in [-0.3, -0.25) is 0 Å². The summed E-state index contributed by atoms with van der Waals surface area (Å²) in [6, 6.07) is 14.2. The fourth-order valence-corrected chi connectivity index (χ4v) is 3.85. The number of rotatable bonds is 6. The van der Waals surface area contributed by atoms with Crippen LogP contribution in [0.15, 0.2) is 57.5 Å². The highest BCUT2D eigenvalue weighted by Crippen LogP contribution is 2.21. The number of aromatic nitrogens is 2. The van der Waals surface area contributed by atoms with Gasteiger partial charge >= 0.3 is 0 Å². The molecule has 3 rings (SSSR count). The lowest BCUT2D eigenvalue weighted by Crippen LogP contribution is -2.27. The van der Waals surface area contributed by atoms with Crippen LogP contribution >= 0.6 is 27.5 Å². The molecule has 1 aromatic heterocycles. The lowest BCUT2D eigenvalue weighted by Gasteiger charge is -2.15. The van der Waals surface area contributed by atoms with Crippen molar-refractivity contribution in [3.63, 3.8) is 0 Å². The molecule has 0 N–H and O–H groups in total. The zero-order chi connectivity index (χ0) is 18.7. The molecule has 3 aromatic rings. The predicted molar refractivity (Wildman–Crippen MR) is 103 cm³/mol. The molecule has 0 amide bonds. The third-order valence-corrected chi connectivity index (χ3v) is 6.19. The minimum absolute atomic E-state index is 0.00751. The molecule has 1 heterocycles. The van der Waals surface area contributed by atoms with Crippen LogP contribution in [0.4, 0.5) is 0 Å². The molecule has 0 radical (unpaired) electrons. The van der Waals surface area contributed by atoms with Crippen LogP contribution in [0.1, 0.15) is 11.5 Å². The van der Waals surface area contributed by atoms with Crippen LogP contribution in [0.3, 0.4) is 0 Å². The van der Waals surface area contributed by atoms with Gasteiger partial charge in [0.05, 0.1) is 12.3 Å². The van der Waals surface area contributed by atoms with Gasteiger partial charge in [-0.1, -0.05) is 57.0 Å². The maximum absolute atomic E-state index is 12.5. The minimum atomic E-state index is -3.52. The number of halogens is 2. The van der Waals surface area contributed by atoms with Gasteiger partial charge < -0.3 is 4.52 Å². The van der Waals surface area contributed by atoms with Crippen molar-refractivity contribution in [3.05, 3.63) is 69.5 Å². The first-order chi connectivity index (χ1) is 12.3. The van der Waals surface area contributed by atoms with E-state index in [1.165, 1.54) is 11.4 Å². The molecule has 6 nitrogen and oxygen atoms in total. The molecule has 0 spiro atoms. The van der Waals surface area contributed by atoms with E-state index in [-0.39, 0.29) is 18.2 Å². The van der Waals surface area contributed by atoms with Crippen LogP contribution in [0, 0.1) is 0 Å². The van der Waals surface area contributed by atoms with Crippen molar-refractivity contribution in [2.24, 2.45) is 0 Å². The fraction of sp³-hybridized carbons (Fsp3) is 0.176. The van der Waals surface area contributed by atoms with Crippen molar-refractivity contribution in [1.82, 2.24) is 14.4 Å². The van der Waals surface area contributed by atoms with Gasteiger partial charge in [0, 0.05) is 22.1 Å². The van der Waals surface area contributed by atoms with E-state index in [9.17, 15) is 8.42 Å². The van der Waals surface area contributed by atoms with Gasteiger partial charge in [-0.2, -0.15) is 9.29 Å². The van der Waals surface area contributed by atoms with E-state index in [0.717, 1.165) is 4.47 Å². The van der Waals surface area contributed by atoms with Crippen LogP contribution < -0.4 is 0 Å². The largest absolute Gasteiger partial charge is 0.338 e. The third kappa shape index (κ3) is 4.70. The molecule has 0 fully saturated rings. The molecule has 9 heteroatoms. The Labute approximate surface area is 165 Å². The summed E-state index contributed by atoms with van der Waals surface area (Å²) in [5.41, 5.74) is 1.40. The van der Waals surface area contributed by atoms with Crippen molar-refractivity contribution in [2.75, 3.05) is 7.05 Å². The highest BCUT2D eigenvalue weighted by molar-refractivity contribution is 9.10. The van der Waals surface area contributed by atoms with Crippen molar-refractivity contribution in [1.29, 1.82) is 0 Å². The van der Waals surface area contributed by atoms with Gasteiger partial charge in [-0.25, -0.2) is 8.42 Å². The molecular formula is C17H15BrClN3O3S. The zero-order valence-corrected chi connectivity index (χ0v) is 16.9. The second-order valence-corrected chi connectivity index (χ2v) is 9.09. The summed E-state index contributed by atoms with van der Waals surface area (Å²) in [7, 11) is -2.03. The minimum Gasteiger partial charge on any atom is -0.338 e. The molecule has 136 valence electrons. The molecule has 0 saturated heterocycles. The summed E-state index contributed by atoms with van der Waals surface area (Å²) < 4.78 is 32.3. The van der Waals surface area contributed by atoms with Crippen molar-refractivity contribution in [3.8, 4) is 11.4 Å². The maximum atomic E-state index is 12.5. The number of hydrogen-bond acceptors (Lipinski definition) is 5. The van der Waals surface area contributed by atoms with E-state index < -0.39 is 10.0 Å². The molecule has 0 bridgehead atoms. The molecule has 2 aromatic carbocycles. The highest BCUT2D eigenvalue weighted by Gasteiger charge is 2.21. The van der Waals surface area contributed by atoms with E-state index in [4.69, 9.17) is 16.1 Å². The smallest absolute Gasteiger partial charge is 0.242 e. The Balaban J connectivity index is 1.71. The normalized spacial score (nSPS) is 11.8. The molecule has 0 aliphatic rings. The fourth-order valence-electron chi connectivity index (χ4n) is 2.25. The quantitative estimate of drug-likeness (QED) is 0.558. The highest BCUT2D eigenvalue weighted by atomic mass is 79.9. The van der Waals surface area contributed by atoms with Crippen molar-refractivity contribution in [2.45, 2.75) is 12.3 Å². The summed E-state index contributed by atoms with van der Waals surface area (Å²) in [5, 5.41) is 4.44. The lowest BCUT2D eigenvalue weighted by atomic mass is 10.2. The van der Waals surface area contributed by atoms with Crippen LogP contribution in [0.25, 0.3) is 11.4 Å². The van der Waals surface area contributed by atoms with Gasteiger partial charge in [-0.05, 0) is 29.8 Å². The van der Waals surface area contributed by atoms with E-state index in [1.54, 1.807) is 48.5 Å².